The number of hydrogen-bond donors (Lipinski definition) is 1. The zero-order valence-electron chi connectivity index (χ0n) is 14.7. The number of nitrogens with zero attached hydrogens (tertiary/aromatic N) is 2. The Labute approximate surface area is 163 Å². The molecule has 1 aliphatic carbocycles. The van der Waals surface area contributed by atoms with Crippen molar-refractivity contribution >= 4 is 44.5 Å². The summed E-state index contributed by atoms with van der Waals surface area (Å²) in [6.45, 7) is 0. The number of carbonyl (C=O) groups is 1. The zero-order valence-corrected chi connectivity index (χ0v) is 17.1. The van der Waals surface area contributed by atoms with Gasteiger partial charge in [-0.2, -0.15) is 0 Å². The lowest BCUT2D eigenvalue weighted by molar-refractivity contribution is -0.116. The van der Waals surface area contributed by atoms with E-state index in [1.807, 2.05) is 24.3 Å². The summed E-state index contributed by atoms with van der Waals surface area (Å²) in [7, 11) is 2.08. The maximum atomic E-state index is 12.3. The van der Waals surface area contributed by atoms with Crippen LogP contribution in [0.15, 0.2) is 33.7 Å². The third-order valence-electron chi connectivity index (χ3n) is 4.92. The molecule has 136 valence electrons. The monoisotopic (exact) mass is 423 g/mol. The molecule has 2 aliphatic rings. The summed E-state index contributed by atoms with van der Waals surface area (Å²) in [4.78, 5) is 19.5. The summed E-state index contributed by atoms with van der Waals surface area (Å²) in [5.41, 5.74) is 0.842. The van der Waals surface area contributed by atoms with Gasteiger partial charge >= 0.3 is 0 Å². The number of benzene rings is 1. The van der Waals surface area contributed by atoms with Crippen molar-refractivity contribution in [2.24, 2.45) is 4.99 Å². The number of aliphatic imine (C=N–C) groups is 1. The molecule has 25 heavy (non-hydrogen) atoms. The van der Waals surface area contributed by atoms with Crippen molar-refractivity contribution in [1.29, 1.82) is 0 Å². The molecule has 4 nitrogen and oxygen atoms in total. The minimum atomic E-state index is 0.0653. The van der Waals surface area contributed by atoms with Crippen LogP contribution in [-0.2, 0) is 4.79 Å². The molecule has 0 aromatic heterocycles. The summed E-state index contributed by atoms with van der Waals surface area (Å²) in [5.74, 6) is 1.01. The molecule has 1 amide bonds. The lowest BCUT2D eigenvalue weighted by Crippen LogP contribution is -2.34. The number of thioether (sulfide) groups is 1. The quantitative estimate of drug-likeness (QED) is 0.699. The summed E-state index contributed by atoms with van der Waals surface area (Å²) < 4.78 is 1.01. The molecule has 1 atom stereocenters. The number of amides is 1. The first-order chi connectivity index (χ1) is 12.1. The Morgan fingerprint density at radius 3 is 2.60 bits per heavy atom. The molecule has 1 aromatic rings. The van der Waals surface area contributed by atoms with Crippen LogP contribution in [0.25, 0.3) is 0 Å². The van der Waals surface area contributed by atoms with Gasteiger partial charge in [0.25, 0.3) is 0 Å². The van der Waals surface area contributed by atoms with Crippen LogP contribution < -0.4 is 5.32 Å². The fourth-order valence-electron chi connectivity index (χ4n) is 3.37. The van der Waals surface area contributed by atoms with Crippen molar-refractivity contribution in [3.63, 3.8) is 0 Å². The Bertz CT molecular complexity index is 612. The minimum Gasteiger partial charge on any atom is -0.350 e. The van der Waals surface area contributed by atoms with E-state index < -0.39 is 0 Å². The molecule has 1 aliphatic heterocycles. The third-order valence-corrected chi connectivity index (χ3v) is 6.65. The predicted octanol–water partition coefficient (Wildman–Crippen LogP) is 4.90. The van der Waals surface area contributed by atoms with Gasteiger partial charge in [-0.3, -0.25) is 9.79 Å². The first-order valence-electron chi connectivity index (χ1n) is 9.10. The van der Waals surface area contributed by atoms with E-state index in [1.54, 1.807) is 11.8 Å². The largest absolute Gasteiger partial charge is 0.350 e. The van der Waals surface area contributed by atoms with Crippen LogP contribution in [0.4, 0.5) is 5.69 Å². The average molecular weight is 424 g/mol. The molecule has 6 heteroatoms. The van der Waals surface area contributed by atoms with E-state index in [2.05, 4.69) is 33.2 Å². The molecule has 1 heterocycles. The Balaban J connectivity index is 1.53. The molecule has 0 radical (unpaired) electrons. The summed E-state index contributed by atoms with van der Waals surface area (Å²) >= 11 is 5.21. The molecule has 3 rings (SSSR count). The van der Waals surface area contributed by atoms with Crippen molar-refractivity contribution in [1.82, 2.24) is 4.90 Å². The highest BCUT2D eigenvalue weighted by molar-refractivity contribution is 9.10. The maximum Gasteiger partial charge on any atom is 0.226 e. The molecule has 0 spiro atoms. The van der Waals surface area contributed by atoms with Gasteiger partial charge in [-0.15, -0.1) is 0 Å². The van der Waals surface area contributed by atoms with Gasteiger partial charge in [0, 0.05) is 35.4 Å². The molecule has 0 bridgehead atoms. The summed E-state index contributed by atoms with van der Waals surface area (Å²) in [5, 5.41) is 4.10. The Morgan fingerprint density at radius 1 is 1.24 bits per heavy atom. The fourth-order valence-corrected chi connectivity index (χ4v) is 4.89. The van der Waals surface area contributed by atoms with Crippen LogP contribution in [0.5, 0.6) is 0 Å². The zero-order chi connectivity index (χ0) is 17.6. The van der Waals surface area contributed by atoms with Crippen LogP contribution in [0.1, 0.15) is 44.9 Å². The molecular weight excluding hydrogens is 398 g/mol. The second-order valence-electron chi connectivity index (χ2n) is 6.89. The number of anilines is 1. The van der Waals surface area contributed by atoms with E-state index in [9.17, 15) is 4.79 Å². The summed E-state index contributed by atoms with van der Waals surface area (Å²) in [6.07, 6.45) is 8.23. The highest BCUT2D eigenvalue weighted by Crippen LogP contribution is 2.28. The van der Waals surface area contributed by atoms with Gasteiger partial charge in [0.1, 0.15) is 0 Å². The van der Waals surface area contributed by atoms with Crippen LogP contribution in [0.3, 0.4) is 0 Å². The lowest BCUT2D eigenvalue weighted by Gasteiger charge is -2.21. The molecular formula is C19H26BrN3OS. The first kappa shape index (κ1) is 18.8. The van der Waals surface area contributed by atoms with E-state index in [4.69, 9.17) is 4.99 Å². The van der Waals surface area contributed by atoms with Crippen LogP contribution >= 0.6 is 27.7 Å². The highest BCUT2D eigenvalue weighted by Gasteiger charge is 2.29. The van der Waals surface area contributed by atoms with E-state index in [0.717, 1.165) is 21.1 Å². The standard InChI is InChI=1S/C19H26BrN3OS/c1-23-17(12-18(24)21-16-10-8-14(20)9-11-16)13-25-19(23)22-15-6-4-2-3-5-7-15/h8-11,15,17H,2-7,12-13H2,1H3,(H,21,24). The third kappa shape index (κ3) is 5.48. The molecule has 1 saturated carbocycles. The SMILES string of the molecule is CN1C(=NC2CCCCCC2)SCC1CC(=O)Nc1ccc(Br)cc1. The molecule has 1 saturated heterocycles. The van der Waals surface area contributed by atoms with Gasteiger partial charge in [0.15, 0.2) is 5.17 Å². The van der Waals surface area contributed by atoms with Crippen molar-refractivity contribution < 1.29 is 4.79 Å². The number of rotatable bonds is 4. The Morgan fingerprint density at radius 2 is 1.92 bits per heavy atom. The average Bonchev–Trinajstić information content (AvgIpc) is 2.79. The van der Waals surface area contributed by atoms with Gasteiger partial charge < -0.3 is 10.2 Å². The molecule has 1 N–H and O–H groups in total. The van der Waals surface area contributed by atoms with E-state index in [-0.39, 0.29) is 11.9 Å². The smallest absolute Gasteiger partial charge is 0.226 e. The summed E-state index contributed by atoms with van der Waals surface area (Å²) in [6, 6.07) is 8.39. The Hall–Kier alpha value is -1.01. The van der Waals surface area contributed by atoms with Gasteiger partial charge in [-0.1, -0.05) is 53.4 Å². The van der Waals surface area contributed by atoms with Gasteiger partial charge in [-0.05, 0) is 37.1 Å². The van der Waals surface area contributed by atoms with Gasteiger partial charge in [0.2, 0.25) is 5.91 Å². The van der Waals surface area contributed by atoms with E-state index in [0.29, 0.717) is 12.5 Å². The molecule has 2 fully saturated rings. The van der Waals surface area contributed by atoms with Crippen molar-refractivity contribution in [3.05, 3.63) is 28.7 Å². The molecule has 1 aromatic carbocycles. The van der Waals surface area contributed by atoms with Gasteiger partial charge in [0.05, 0.1) is 6.04 Å². The number of halogens is 1. The predicted molar refractivity (Wildman–Crippen MR) is 110 cm³/mol. The number of nitrogens with one attached hydrogen (secondary N) is 1. The fraction of sp³-hybridized carbons (Fsp3) is 0.579. The van der Waals surface area contributed by atoms with Crippen LogP contribution in [-0.4, -0.2) is 40.9 Å². The molecule has 1 unspecified atom stereocenters. The topological polar surface area (TPSA) is 44.7 Å². The maximum absolute atomic E-state index is 12.3. The van der Waals surface area contributed by atoms with Crippen LogP contribution in [0, 0.1) is 0 Å². The van der Waals surface area contributed by atoms with Crippen molar-refractivity contribution in [2.45, 2.75) is 57.0 Å². The second-order valence-corrected chi connectivity index (χ2v) is 8.79. The van der Waals surface area contributed by atoms with E-state index in [1.165, 1.54) is 38.5 Å². The second kappa shape index (κ2) is 9.08. The van der Waals surface area contributed by atoms with Crippen molar-refractivity contribution in [3.8, 4) is 0 Å². The number of amidine groups is 1. The van der Waals surface area contributed by atoms with Crippen molar-refractivity contribution in [2.75, 3.05) is 18.1 Å². The Kier molecular flexibility index (Phi) is 6.82. The van der Waals surface area contributed by atoms with E-state index >= 15 is 0 Å². The lowest BCUT2D eigenvalue weighted by atomic mass is 10.1. The normalized spacial score (nSPS) is 23.7. The van der Waals surface area contributed by atoms with Crippen LogP contribution in [0.2, 0.25) is 0 Å². The number of carbonyl (C=O) groups excluding carboxylic acids is 1. The highest BCUT2D eigenvalue weighted by atomic mass is 79.9. The first-order valence-corrected chi connectivity index (χ1v) is 10.9. The minimum absolute atomic E-state index is 0.0653. The van der Waals surface area contributed by atoms with Gasteiger partial charge in [-0.25, -0.2) is 0 Å². The number of hydrogen-bond acceptors (Lipinski definition) is 3.